The molecule has 0 spiro atoms. The van der Waals surface area contributed by atoms with Gasteiger partial charge in [0.05, 0.1) is 17.4 Å². The zero-order valence-corrected chi connectivity index (χ0v) is 30.7. The average molecular weight is 697 g/mol. The Morgan fingerprint density at radius 3 is 1.74 bits per heavy atom. The number of hydrogen-bond donors (Lipinski definition) is 2. The molecule has 1 aromatic heterocycles. The van der Waals surface area contributed by atoms with Gasteiger partial charge in [-0.15, -0.1) is 5.10 Å². The summed E-state index contributed by atoms with van der Waals surface area (Å²) in [6, 6.07) is 46.6. The maximum Gasteiger partial charge on any atom is 1.00 e. The largest absolute Gasteiger partial charge is 1.00 e. The molecular weight excluding hydrogens is 655 g/mol. The maximum absolute atomic E-state index is 12.6. The number of nitrogens with one attached hydrogen (secondary N) is 1. The van der Waals surface area contributed by atoms with Crippen LogP contribution in [0.5, 0.6) is 0 Å². The fourth-order valence-electron chi connectivity index (χ4n) is 7.66. The summed E-state index contributed by atoms with van der Waals surface area (Å²) in [6.07, 6.45) is 1.42. The van der Waals surface area contributed by atoms with Gasteiger partial charge in [0.1, 0.15) is 16.8 Å². The number of carboxylic acid groups (broad SMARTS) is 1. The second-order valence-corrected chi connectivity index (χ2v) is 13.9. The van der Waals surface area contributed by atoms with Crippen LogP contribution in [0.4, 0.5) is 5.69 Å². The van der Waals surface area contributed by atoms with Gasteiger partial charge in [-0.2, -0.15) is 0 Å². The third kappa shape index (κ3) is 6.57. The van der Waals surface area contributed by atoms with E-state index in [2.05, 4.69) is 52.0 Å². The number of tetrazole rings is 1. The molecule has 6 aromatic rings. The van der Waals surface area contributed by atoms with Gasteiger partial charge < -0.3 is 25.2 Å². The van der Waals surface area contributed by atoms with Crippen molar-refractivity contribution in [1.29, 1.82) is 0 Å². The van der Waals surface area contributed by atoms with E-state index in [4.69, 9.17) is 5.21 Å². The van der Waals surface area contributed by atoms with Gasteiger partial charge in [0, 0.05) is 11.3 Å². The van der Waals surface area contributed by atoms with Crippen molar-refractivity contribution in [3.8, 4) is 22.5 Å². The standard InChI is InChI=1S/C43H42N6O3.Li/c1-5-29-42(4)44-38(41(2,3)52)37(40(50)51)48(42)34-27-25-30(26-28-34)35-23-15-16-24-36(35)39-45-46-47-49(39)43(31-17-9-6-10-18-31,32-19-11-7-12-20-32)33-21-13-8-14-22-33;/h6-28,44,52H,5,29H2,1-4H3,(H,50,51);/q;+1/p-1. The normalized spacial score (nSPS) is 15.9. The Morgan fingerprint density at radius 2 is 1.26 bits per heavy atom. The second kappa shape index (κ2) is 14.9. The van der Waals surface area contributed by atoms with E-state index in [0.29, 0.717) is 17.9 Å². The second-order valence-electron chi connectivity index (χ2n) is 13.9. The molecule has 1 atom stereocenters. The van der Waals surface area contributed by atoms with Crippen LogP contribution in [0.2, 0.25) is 0 Å². The number of carboxylic acids is 1. The summed E-state index contributed by atoms with van der Waals surface area (Å²) in [5.74, 6) is -0.781. The molecule has 0 amide bonds. The molecule has 7 rings (SSSR count). The van der Waals surface area contributed by atoms with Gasteiger partial charge >= 0.3 is 18.9 Å². The fourth-order valence-corrected chi connectivity index (χ4v) is 7.66. The van der Waals surface area contributed by atoms with Gasteiger partial charge in [-0.05, 0) is 77.6 Å². The number of carbonyl (C=O) groups is 1. The Hall–Kier alpha value is -5.46. The van der Waals surface area contributed by atoms with Crippen molar-refractivity contribution < 1.29 is 33.9 Å². The first-order valence-corrected chi connectivity index (χ1v) is 17.5. The summed E-state index contributed by atoms with van der Waals surface area (Å²) < 4.78 is 1.92. The Kier molecular flexibility index (Phi) is 10.5. The molecule has 9 nitrogen and oxygen atoms in total. The third-order valence-corrected chi connectivity index (χ3v) is 9.86. The molecule has 262 valence electrons. The van der Waals surface area contributed by atoms with E-state index in [1.54, 1.807) is 18.7 Å². The first-order valence-electron chi connectivity index (χ1n) is 17.5. The summed E-state index contributed by atoms with van der Waals surface area (Å²) in [6.45, 7) is 7.13. The molecule has 10 heteroatoms. The van der Waals surface area contributed by atoms with Crippen LogP contribution in [0.25, 0.3) is 22.5 Å². The van der Waals surface area contributed by atoms with Crippen molar-refractivity contribution in [2.75, 3.05) is 4.90 Å². The van der Waals surface area contributed by atoms with E-state index in [-0.39, 0.29) is 30.3 Å². The molecule has 53 heavy (non-hydrogen) atoms. The summed E-state index contributed by atoms with van der Waals surface area (Å²) in [5.41, 5.74) is 3.29. The number of aliphatic hydroxyl groups is 1. The van der Waals surface area contributed by atoms with E-state index in [9.17, 15) is 15.0 Å². The van der Waals surface area contributed by atoms with Crippen molar-refractivity contribution in [1.82, 2.24) is 25.5 Å². The Balaban J connectivity index is 0.00000481. The molecule has 1 aliphatic heterocycles. The maximum atomic E-state index is 12.6. The van der Waals surface area contributed by atoms with Crippen LogP contribution in [0, 0.1) is 0 Å². The Labute approximate surface area is 322 Å². The Morgan fingerprint density at radius 1 is 0.774 bits per heavy atom. The SMILES string of the molecule is CCCC1(C)NC(C(C)(C)O)=C(C(=O)[O-])N1c1ccc(-c2ccccc2-c2nnnn2C(c2ccccc2)(c2ccccc2)c2ccccc2)cc1.[Li+]. The van der Waals surface area contributed by atoms with Gasteiger partial charge in [0.15, 0.2) is 5.82 Å². The minimum absolute atomic E-state index is 0. The molecule has 0 radical (unpaired) electrons. The van der Waals surface area contributed by atoms with Crippen LogP contribution in [-0.4, -0.2) is 42.5 Å². The minimum atomic E-state index is -1.42. The smallest absolute Gasteiger partial charge is 0.543 e. The van der Waals surface area contributed by atoms with Gasteiger partial charge in [0.25, 0.3) is 0 Å². The molecule has 0 saturated heterocycles. The monoisotopic (exact) mass is 696 g/mol. The number of aromatic nitrogens is 4. The van der Waals surface area contributed by atoms with E-state index >= 15 is 0 Å². The Bertz CT molecular complexity index is 2120. The number of nitrogens with zero attached hydrogens (tertiary/aromatic N) is 5. The van der Waals surface area contributed by atoms with Crippen LogP contribution >= 0.6 is 0 Å². The predicted octanol–water partition coefficient (Wildman–Crippen LogP) is 3.51. The topological polar surface area (TPSA) is 119 Å². The number of anilines is 1. The van der Waals surface area contributed by atoms with Crippen LogP contribution in [0.15, 0.2) is 151 Å². The molecule has 0 bridgehead atoms. The molecule has 2 N–H and O–H groups in total. The number of benzene rings is 5. The summed E-state index contributed by atoms with van der Waals surface area (Å²) in [5, 5.41) is 40.6. The van der Waals surface area contributed by atoms with Gasteiger partial charge in [0.2, 0.25) is 0 Å². The van der Waals surface area contributed by atoms with Crippen LogP contribution in [0.1, 0.15) is 57.2 Å². The molecule has 1 aliphatic rings. The molecule has 0 saturated carbocycles. The third-order valence-electron chi connectivity index (χ3n) is 9.86. The van der Waals surface area contributed by atoms with E-state index in [1.807, 2.05) is 122 Å². The molecule has 5 aromatic carbocycles. The molecule has 0 fully saturated rings. The first-order chi connectivity index (χ1) is 25.1. The van der Waals surface area contributed by atoms with Crippen molar-refractivity contribution in [3.05, 3.63) is 168 Å². The van der Waals surface area contributed by atoms with Gasteiger partial charge in [-0.1, -0.05) is 141 Å². The van der Waals surface area contributed by atoms with Crippen LogP contribution < -0.4 is 34.2 Å². The number of rotatable bonds is 11. The molecule has 2 heterocycles. The van der Waals surface area contributed by atoms with E-state index in [1.165, 1.54) is 0 Å². The predicted molar refractivity (Wildman–Crippen MR) is 201 cm³/mol. The first kappa shape index (κ1) is 37.3. The number of hydrogen-bond acceptors (Lipinski definition) is 8. The fraction of sp³-hybridized carbons (Fsp3) is 0.209. The molecule has 1 unspecified atom stereocenters. The van der Waals surface area contributed by atoms with Gasteiger partial charge in [-0.3, -0.25) is 0 Å². The zero-order valence-electron chi connectivity index (χ0n) is 30.7. The van der Waals surface area contributed by atoms with Crippen molar-refractivity contribution in [3.63, 3.8) is 0 Å². The van der Waals surface area contributed by atoms with Crippen LogP contribution in [0.3, 0.4) is 0 Å². The number of aliphatic carboxylic acids is 1. The van der Waals surface area contributed by atoms with Crippen LogP contribution in [-0.2, 0) is 10.3 Å². The molecule has 0 aliphatic carbocycles. The summed E-state index contributed by atoms with van der Waals surface area (Å²) in [7, 11) is 0. The average Bonchev–Trinajstić information content (AvgIpc) is 3.77. The molecular formula is C43H41LiN6O3. The van der Waals surface area contributed by atoms with Crippen molar-refractivity contribution >= 4 is 11.7 Å². The van der Waals surface area contributed by atoms with Crippen molar-refractivity contribution in [2.24, 2.45) is 0 Å². The van der Waals surface area contributed by atoms with Gasteiger partial charge in [-0.25, -0.2) is 4.68 Å². The van der Waals surface area contributed by atoms with Crippen molar-refractivity contribution in [2.45, 2.75) is 57.3 Å². The zero-order chi connectivity index (χ0) is 36.5. The number of carbonyl (C=O) groups excluding carboxylic acids is 1. The summed E-state index contributed by atoms with van der Waals surface area (Å²) in [4.78, 5) is 14.4. The summed E-state index contributed by atoms with van der Waals surface area (Å²) >= 11 is 0. The quantitative estimate of drug-likeness (QED) is 0.156. The van der Waals surface area contributed by atoms with E-state index in [0.717, 1.165) is 39.8 Å². The minimum Gasteiger partial charge on any atom is -0.543 e. The van der Waals surface area contributed by atoms with E-state index < -0.39 is 22.8 Å².